The summed E-state index contributed by atoms with van der Waals surface area (Å²) in [4.78, 5) is 3.75. The third kappa shape index (κ3) is 4.51. The highest BCUT2D eigenvalue weighted by Gasteiger charge is 2.22. The van der Waals surface area contributed by atoms with E-state index in [1.807, 2.05) is 0 Å². The Morgan fingerprint density at radius 3 is 2.38 bits per heavy atom. The summed E-state index contributed by atoms with van der Waals surface area (Å²) in [7, 11) is -4.87. The molecule has 0 saturated carbocycles. The monoisotopic (exact) mass is 436 g/mol. The first-order valence-corrected chi connectivity index (χ1v) is 11.4. The number of para-hydroxylation sites is 2. The second kappa shape index (κ2) is 7.76. The summed E-state index contributed by atoms with van der Waals surface area (Å²) in [6, 6.07) is 10.8. The molecular formula is C18H20N4O5S2. The van der Waals surface area contributed by atoms with Gasteiger partial charge in [-0.15, -0.1) is 0 Å². The third-order valence-corrected chi connectivity index (χ3v) is 6.81. The Hall–Kier alpha value is -3.05. The summed E-state index contributed by atoms with van der Waals surface area (Å²) in [6.07, 6.45) is 2.70. The normalized spacial score (nSPS) is 11.8. The van der Waals surface area contributed by atoms with Crippen LogP contribution in [-0.2, 0) is 27.1 Å². The maximum atomic E-state index is 12.9. The first-order chi connectivity index (χ1) is 13.6. The predicted octanol–water partition coefficient (Wildman–Crippen LogP) is 2.34. The maximum Gasteiger partial charge on any atom is 0.280 e. The number of ether oxygens (including phenoxy) is 1. The molecule has 0 spiro atoms. The van der Waals surface area contributed by atoms with Crippen molar-refractivity contribution in [2.45, 2.75) is 16.8 Å². The Kier molecular flexibility index (Phi) is 5.53. The van der Waals surface area contributed by atoms with Crippen LogP contribution in [0.15, 0.2) is 64.9 Å². The standard InChI is InChI=1S/C18H20N4O5S2/c1-13-8-9-14(20-29(25,26)18-11-22(2)12-19-18)10-17(13)28(23,24)21-15-6-4-5-7-16(15)27-3/h4-12,20-21H,1-3H3. The average molecular weight is 437 g/mol. The lowest BCUT2D eigenvalue weighted by Crippen LogP contribution is -2.17. The topological polar surface area (TPSA) is 119 Å². The van der Waals surface area contributed by atoms with Crippen LogP contribution < -0.4 is 14.2 Å². The Balaban J connectivity index is 1.94. The zero-order valence-corrected chi connectivity index (χ0v) is 17.6. The number of benzene rings is 2. The van der Waals surface area contributed by atoms with E-state index in [0.29, 0.717) is 11.3 Å². The second-order valence-corrected chi connectivity index (χ2v) is 9.55. The van der Waals surface area contributed by atoms with Crippen LogP contribution >= 0.6 is 0 Å². The van der Waals surface area contributed by atoms with Gasteiger partial charge >= 0.3 is 0 Å². The van der Waals surface area contributed by atoms with Crippen molar-refractivity contribution in [3.05, 3.63) is 60.6 Å². The first-order valence-electron chi connectivity index (χ1n) is 8.40. The molecule has 0 atom stereocenters. The number of rotatable bonds is 7. The highest BCUT2D eigenvalue weighted by molar-refractivity contribution is 7.93. The molecule has 9 nitrogen and oxygen atoms in total. The van der Waals surface area contributed by atoms with E-state index < -0.39 is 20.0 Å². The zero-order chi connectivity index (χ0) is 21.2. The van der Waals surface area contributed by atoms with Crippen LogP contribution in [0, 0.1) is 6.92 Å². The fourth-order valence-electron chi connectivity index (χ4n) is 2.62. The molecule has 0 amide bonds. The second-order valence-electron chi connectivity index (χ2n) is 6.27. The number of nitrogens with zero attached hydrogens (tertiary/aromatic N) is 2. The number of nitrogens with one attached hydrogen (secondary N) is 2. The number of anilines is 2. The van der Waals surface area contributed by atoms with Crippen molar-refractivity contribution in [3.63, 3.8) is 0 Å². The lowest BCUT2D eigenvalue weighted by atomic mass is 10.2. The molecule has 0 fully saturated rings. The smallest absolute Gasteiger partial charge is 0.280 e. The Morgan fingerprint density at radius 2 is 1.72 bits per heavy atom. The summed E-state index contributed by atoms with van der Waals surface area (Å²) < 4.78 is 62.3. The molecular weight excluding hydrogens is 416 g/mol. The van der Waals surface area contributed by atoms with E-state index in [0.717, 1.165) is 0 Å². The number of sulfonamides is 2. The molecule has 3 aromatic rings. The molecule has 1 aromatic heterocycles. The average Bonchev–Trinajstić information content (AvgIpc) is 3.10. The van der Waals surface area contributed by atoms with Crippen LogP contribution in [0.4, 0.5) is 11.4 Å². The number of hydrogen-bond acceptors (Lipinski definition) is 6. The van der Waals surface area contributed by atoms with Gasteiger partial charge < -0.3 is 9.30 Å². The Morgan fingerprint density at radius 1 is 1.00 bits per heavy atom. The van der Waals surface area contributed by atoms with E-state index in [1.165, 1.54) is 42.4 Å². The largest absolute Gasteiger partial charge is 0.495 e. The quantitative estimate of drug-likeness (QED) is 0.587. The van der Waals surface area contributed by atoms with Crippen LogP contribution in [0.1, 0.15) is 5.56 Å². The molecule has 0 saturated heterocycles. The van der Waals surface area contributed by atoms with Crippen LogP contribution in [0.25, 0.3) is 0 Å². The minimum atomic E-state index is -4.00. The molecule has 3 rings (SSSR count). The van der Waals surface area contributed by atoms with Gasteiger partial charge in [0.1, 0.15) is 5.75 Å². The van der Waals surface area contributed by atoms with Gasteiger partial charge in [-0.2, -0.15) is 8.42 Å². The van der Waals surface area contributed by atoms with Crippen molar-refractivity contribution >= 4 is 31.4 Å². The fourth-order valence-corrected chi connectivity index (χ4v) is 4.99. The van der Waals surface area contributed by atoms with E-state index in [9.17, 15) is 16.8 Å². The molecule has 154 valence electrons. The molecule has 0 aliphatic heterocycles. The molecule has 29 heavy (non-hydrogen) atoms. The molecule has 0 bridgehead atoms. The highest BCUT2D eigenvalue weighted by atomic mass is 32.2. The molecule has 2 N–H and O–H groups in total. The van der Waals surface area contributed by atoms with Gasteiger partial charge in [-0.25, -0.2) is 13.4 Å². The lowest BCUT2D eigenvalue weighted by Gasteiger charge is -2.14. The van der Waals surface area contributed by atoms with Gasteiger partial charge in [-0.3, -0.25) is 9.44 Å². The summed E-state index contributed by atoms with van der Waals surface area (Å²) in [5.41, 5.74) is 0.823. The van der Waals surface area contributed by atoms with Crippen LogP contribution in [-0.4, -0.2) is 33.5 Å². The molecule has 2 aromatic carbocycles. The first kappa shape index (κ1) is 20.7. The van der Waals surface area contributed by atoms with Gasteiger partial charge in [0.05, 0.1) is 29.7 Å². The fraction of sp³-hybridized carbons (Fsp3) is 0.167. The third-order valence-electron chi connectivity index (χ3n) is 4.04. The van der Waals surface area contributed by atoms with Crippen molar-refractivity contribution in [2.75, 3.05) is 16.6 Å². The number of hydrogen-bond donors (Lipinski definition) is 2. The number of aromatic nitrogens is 2. The minimum Gasteiger partial charge on any atom is -0.495 e. The van der Waals surface area contributed by atoms with E-state index >= 15 is 0 Å². The van der Waals surface area contributed by atoms with Crippen LogP contribution in [0.2, 0.25) is 0 Å². The van der Waals surface area contributed by atoms with Crippen LogP contribution in [0.3, 0.4) is 0 Å². The zero-order valence-electron chi connectivity index (χ0n) is 15.9. The molecule has 1 heterocycles. The van der Waals surface area contributed by atoms with E-state index in [2.05, 4.69) is 14.4 Å². The maximum absolute atomic E-state index is 12.9. The van der Waals surface area contributed by atoms with Crippen molar-refractivity contribution in [3.8, 4) is 5.75 Å². The molecule has 11 heteroatoms. The van der Waals surface area contributed by atoms with E-state index in [1.54, 1.807) is 38.2 Å². The van der Waals surface area contributed by atoms with Gasteiger partial charge in [0, 0.05) is 13.2 Å². The Bertz CT molecular complexity index is 1250. The van der Waals surface area contributed by atoms with Gasteiger partial charge in [-0.05, 0) is 36.8 Å². The van der Waals surface area contributed by atoms with E-state index in [4.69, 9.17) is 4.74 Å². The number of imidazole rings is 1. The van der Waals surface area contributed by atoms with Crippen molar-refractivity contribution in [1.82, 2.24) is 9.55 Å². The van der Waals surface area contributed by atoms with Crippen molar-refractivity contribution in [2.24, 2.45) is 7.05 Å². The minimum absolute atomic E-state index is 0.0652. The molecule has 0 unspecified atom stereocenters. The highest BCUT2D eigenvalue weighted by Crippen LogP contribution is 2.28. The SMILES string of the molecule is COc1ccccc1NS(=O)(=O)c1cc(NS(=O)(=O)c2cn(C)cn2)ccc1C. The van der Waals surface area contributed by atoms with Crippen molar-refractivity contribution in [1.29, 1.82) is 0 Å². The van der Waals surface area contributed by atoms with Crippen molar-refractivity contribution < 1.29 is 21.6 Å². The number of methoxy groups -OCH3 is 1. The predicted molar refractivity (Wildman–Crippen MR) is 109 cm³/mol. The van der Waals surface area contributed by atoms with Crippen LogP contribution in [0.5, 0.6) is 5.75 Å². The number of aryl methyl sites for hydroxylation is 2. The summed E-state index contributed by atoms with van der Waals surface area (Å²) in [5, 5.41) is -0.169. The Labute approximate surface area is 169 Å². The lowest BCUT2D eigenvalue weighted by molar-refractivity contribution is 0.417. The van der Waals surface area contributed by atoms with Gasteiger partial charge in [-0.1, -0.05) is 18.2 Å². The summed E-state index contributed by atoms with van der Waals surface area (Å²) in [6.45, 7) is 1.62. The van der Waals surface area contributed by atoms with Gasteiger partial charge in [0.15, 0.2) is 5.03 Å². The van der Waals surface area contributed by atoms with E-state index in [-0.39, 0.29) is 21.3 Å². The molecule has 0 aliphatic carbocycles. The van der Waals surface area contributed by atoms with Gasteiger partial charge in [0.2, 0.25) is 0 Å². The molecule has 0 radical (unpaired) electrons. The summed E-state index contributed by atoms with van der Waals surface area (Å²) >= 11 is 0. The van der Waals surface area contributed by atoms with Gasteiger partial charge in [0.25, 0.3) is 20.0 Å². The summed E-state index contributed by atoms with van der Waals surface area (Å²) in [5.74, 6) is 0.362. The molecule has 0 aliphatic rings.